The van der Waals surface area contributed by atoms with E-state index >= 15 is 0 Å². The number of aromatic amines is 1. The summed E-state index contributed by atoms with van der Waals surface area (Å²) in [4.78, 5) is 6.66. The van der Waals surface area contributed by atoms with Gasteiger partial charge in [0.2, 0.25) is 0 Å². The Hall–Kier alpha value is -1.79. The van der Waals surface area contributed by atoms with Crippen LogP contribution in [0.15, 0.2) is 24.3 Å². The molecule has 21 heavy (non-hydrogen) atoms. The zero-order chi connectivity index (χ0) is 14.8. The summed E-state index contributed by atoms with van der Waals surface area (Å²) in [6, 6.07) is 6.88. The Balaban J connectivity index is 1.72. The van der Waals surface area contributed by atoms with E-state index in [9.17, 15) is 4.39 Å². The highest BCUT2D eigenvalue weighted by Gasteiger charge is 2.28. The largest absolute Gasteiger partial charge is 0.367 e. The molecule has 0 amide bonds. The molecule has 1 N–H and O–H groups in total. The molecular weight excluding hydrogens is 271 g/mol. The van der Waals surface area contributed by atoms with E-state index in [1.54, 1.807) is 0 Å². The van der Waals surface area contributed by atoms with E-state index < -0.39 is 0 Å². The van der Waals surface area contributed by atoms with Gasteiger partial charge in [-0.05, 0) is 31.5 Å². The molecule has 2 aromatic rings. The van der Waals surface area contributed by atoms with Crippen molar-refractivity contribution < 1.29 is 9.13 Å². The van der Waals surface area contributed by atoms with Crippen LogP contribution in [0.3, 0.4) is 0 Å². The molecule has 0 aliphatic carbocycles. The third-order valence-corrected chi connectivity index (χ3v) is 3.90. The van der Waals surface area contributed by atoms with Crippen LogP contribution < -0.4 is 0 Å². The lowest BCUT2D eigenvalue weighted by Crippen LogP contribution is -2.40. The molecule has 1 aliphatic heterocycles. The van der Waals surface area contributed by atoms with Crippen LogP contribution in [0.1, 0.15) is 36.3 Å². The number of benzene rings is 1. The fourth-order valence-corrected chi connectivity index (χ4v) is 2.63. The summed E-state index contributed by atoms with van der Waals surface area (Å²) in [7, 11) is 0. The maximum Gasteiger partial charge on any atom is 0.180 e. The number of hydrogen-bond acceptors (Lipinski definition) is 4. The molecule has 2 atom stereocenters. The molecule has 1 aliphatic rings. The van der Waals surface area contributed by atoms with Gasteiger partial charge in [0, 0.05) is 19.1 Å². The smallest absolute Gasteiger partial charge is 0.180 e. The summed E-state index contributed by atoms with van der Waals surface area (Å²) in [6.07, 6.45) is -0.119. The van der Waals surface area contributed by atoms with Crippen LogP contribution in [-0.2, 0) is 4.74 Å². The van der Waals surface area contributed by atoms with Gasteiger partial charge in [-0.1, -0.05) is 12.1 Å². The van der Waals surface area contributed by atoms with E-state index in [1.165, 1.54) is 12.1 Å². The van der Waals surface area contributed by atoms with Crippen molar-refractivity contribution in [1.82, 2.24) is 20.1 Å². The monoisotopic (exact) mass is 290 g/mol. The predicted octanol–water partition coefficient (Wildman–Crippen LogP) is 2.39. The second-order valence-electron chi connectivity index (χ2n) is 5.36. The number of nitrogens with zero attached hydrogens (tertiary/aromatic N) is 3. The fourth-order valence-electron chi connectivity index (χ4n) is 2.63. The second kappa shape index (κ2) is 5.91. The standard InChI is InChI=1S/C15H19FN4O/c1-10(12-3-5-13(16)6-4-12)20-7-8-21-14(9-20)15-17-11(2)18-19-15/h3-6,10,14H,7-9H2,1-2H3,(H,17,18,19). The van der Waals surface area contributed by atoms with Gasteiger partial charge in [0.25, 0.3) is 0 Å². The lowest BCUT2D eigenvalue weighted by atomic mass is 10.1. The van der Waals surface area contributed by atoms with Crippen LogP contribution >= 0.6 is 0 Å². The van der Waals surface area contributed by atoms with Gasteiger partial charge < -0.3 is 4.74 Å². The van der Waals surface area contributed by atoms with Gasteiger partial charge in [-0.2, -0.15) is 5.10 Å². The molecule has 2 heterocycles. The van der Waals surface area contributed by atoms with Crippen LogP contribution in [0.2, 0.25) is 0 Å². The van der Waals surface area contributed by atoms with Gasteiger partial charge in [-0.15, -0.1) is 0 Å². The second-order valence-corrected chi connectivity index (χ2v) is 5.36. The third kappa shape index (κ3) is 3.11. The minimum absolute atomic E-state index is 0.119. The summed E-state index contributed by atoms with van der Waals surface area (Å²) >= 11 is 0. The summed E-state index contributed by atoms with van der Waals surface area (Å²) in [6.45, 7) is 6.22. The van der Waals surface area contributed by atoms with E-state index in [0.29, 0.717) is 12.4 Å². The number of morpholine rings is 1. The molecule has 1 fully saturated rings. The Morgan fingerprint density at radius 2 is 2.14 bits per heavy atom. The Labute approximate surface area is 123 Å². The zero-order valence-electron chi connectivity index (χ0n) is 12.2. The first-order valence-electron chi connectivity index (χ1n) is 7.13. The normalized spacial score (nSPS) is 21.4. The Morgan fingerprint density at radius 3 is 2.81 bits per heavy atom. The van der Waals surface area contributed by atoms with Gasteiger partial charge in [0.15, 0.2) is 5.82 Å². The molecule has 0 spiro atoms. The van der Waals surface area contributed by atoms with Crippen LogP contribution in [0, 0.1) is 12.7 Å². The van der Waals surface area contributed by atoms with Crippen LogP contribution in [0.25, 0.3) is 0 Å². The highest BCUT2D eigenvalue weighted by molar-refractivity contribution is 5.19. The molecule has 0 saturated carbocycles. The average Bonchev–Trinajstić information content (AvgIpc) is 2.94. The van der Waals surface area contributed by atoms with Gasteiger partial charge in [-0.3, -0.25) is 10.00 Å². The van der Waals surface area contributed by atoms with Gasteiger partial charge >= 0.3 is 0 Å². The molecule has 112 valence electrons. The van der Waals surface area contributed by atoms with Crippen LogP contribution in [0.4, 0.5) is 4.39 Å². The first-order chi connectivity index (χ1) is 10.1. The Bertz CT molecular complexity index is 598. The lowest BCUT2D eigenvalue weighted by molar-refractivity contribution is -0.0470. The summed E-state index contributed by atoms with van der Waals surface area (Å²) in [5.74, 6) is 1.28. The highest BCUT2D eigenvalue weighted by atomic mass is 19.1. The number of rotatable bonds is 3. The fraction of sp³-hybridized carbons (Fsp3) is 0.467. The molecular formula is C15H19FN4O. The maximum atomic E-state index is 13.0. The molecule has 3 rings (SSSR count). The first kappa shape index (κ1) is 14.2. The predicted molar refractivity (Wildman–Crippen MR) is 76.2 cm³/mol. The number of aryl methyl sites for hydroxylation is 1. The van der Waals surface area contributed by atoms with E-state index in [0.717, 1.165) is 24.5 Å². The summed E-state index contributed by atoms with van der Waals surface area (Å²) < 4.78 is 18.8. The van der Waals surface area contributed by atoms with E-state index in [-0.39, 0.29) is 18.0 Å². The van der Waals surface area contributed by atoms with E-state index in [1.807, 2.05) is 19.1 Å². The van der Waals surface area contributed by atoms with Crippen molar-refractivity contribution >= 4 is 0 Å². The quantitative estimate of drug-likeness (QED) is 0.943. The average molecular weight is 290 g/mol. The third-order valence-electron chi connectivity index (χ3n) is 3.90. The highest BCUT2D eigenvalue weighted by Crippen LogP contribution is 2.27. The molecule has 1 saturated heterocycles. The number of H-pyrrole nitrogens is 1. The molecule has 1 aromatic carbocycles. The molecule has 0 bridgehead atoms. The van der Waals surface area contributed by atoms with Crippen molar-refractivity contribution in [3.63, 3.8) is 0 Å². The van der Waals surface area contributed by atoms with Crippen LogP contribution in [0.5, 0.6) is 0 Å². The van der Waals surface area contributed by atoms with Crippen molar-refractivity contribution in [2.24, 2.45) is 0 Å². The number of hydrogen-bond donors (Lipinski definition) is 1. The number of halogens is 1. The number of aromatic nitrogens is 3. The van der Waals surface area contributed by atoms with Crippen LogP contribution in [-0.4, -0.2) is 39.8 Å². The van der Waals surface area contributed by atoms with Crippen molar-refractivity contribution in [3.8, 4) is 0 Å². The maximum absolute atomic E-state index is 13.0. The summed E-state index contributed by atoms with van der Waals surface area (Å²) in [5.41, 5.74) is 1.10. The molecule has 1 aromatic heterocycles. The van der Waals surface area contributed by atoms with Crippen molar-refractivity contribution in [3.05, 3.63) is 47.3 Å². The minimum atomic E-state index is -0.206. The topological polar surface area (TPSA) is 54.0 Å². The van der Waals surface area contributed by atoms with Gasteiger partial charge in [0.05, 0.1) is 6.61 Å². The SMILES string of the molecule is Cc1nc(C2CN(C(C)c3ccc(F)cc3)CCO2)n[nH]1. The van der Waals surface area contributed by atoms with Gasteiger partial charge in [0.1, 0.15) is 17.7 Å². The Kier molecular flexibility index (Phi) is 3.98. The van der Waals surface area contributed by atoms with E-state index in [4.69, 9.17) is 4.74 Å². The Morgan fingerprint density at radius 1 is 1.38 bits per heavy atom. The number of ether oxygens (including phenoxy) is 1. The minimum Gasteiger partial charge on any atom is -0.367 e. The van der Waals surface area contributed by atoms with Gasteiger partial charge in [-0.25, -0.2) is 9.37 Å². The van der Waals surface area contributed by atoms with Crippen molar-refractivity contribution in [2.45, 2.75) is 26.0 Å². The lowest BCUT2D eigenvalue weighted by Gasteiger charge is -2.36. The van der Waals surface area contributed by atoms with E-state index in [2.05, 4.69) is 27.0 Å². The molecule has 0 radical (unpaired) electrons. The molecule has 2 unspecified atom stereocenters. The summed E-state index contributed by atoms with van der Waals surface area (Å²) in [5, 5.41) is 7.03. The van der Waals surface area contributed by atoms with Crippen molar-refractivity contribution in [1.29, 1.82) is 0 Å². The first-order valence-corrected chi connectivity index (χ1v) is 7.13. The molecule has 6 heteroatoms. The molecule has 5 nitrogen and oxygen atoms in total. The zero-order valence-corrected chi connectivity index (χ0v) is 12.2. The van der Waals surface area contributed by atoms with Crippen molar-refractivity contribution in [2.75, 3.05) is 19.7 Å². The number of nitrogens with one attached hydrogen (secondary N) is 1.